The number of hydrogen-bond donors (Lipinski definition) is 1. The molecule has 1 aliphatic rings. The van der Waals surface area contributed by atoms with Gasteiger partial charge >= 0.3 is 0 Å². The molecule has 1 amide bonds. The van der Waals surface area contributed by atoms with Crippen molar-refractivity contribution in [3.05, 3.63) is 72.1 Å². The molecule has 3 aromatic rings. The van der Waals surface area contributed by atoms with Gasteiger partial charge in [-0.05, 0) is 43.3 Å². The Hall–Kier alpha value is -3.48. The zero-order valence-corrected chi connectivity index (χ0v) is 15.7. The van der Waals surface area contributed by atoms with E-state index in [4.69, 9.17) is 0 Å². The summed E-state index contributed by atoms with van der Waals surface area (Å²) in [5, 5.41) is 11.7. The number of piperazine rings is 1. The Kier molecular flexibility index (Phi) is 5.14. The first kappa shape index (κ1) is 17.9. The van der Waals surface area contributed by atoms with E-state index in [1.54, 1.807) is 12.4 Å². The molecule has 142 valence electrons. The van der Waals surface area contributed by atoms with Crippen molar-refractivity contribution in [2.45, 2.75) is 6.92 Å². The molecule has 7 heteroatoms. The normalized spacial score (nSPS) is 14.0. The van der Waals surface area contributed by atoms with Gasteiger partial charge in [0.15, 0.2) is 11.6 Å². The summed E-state index contributed by atoms with van der Waals surface area (Å²) in [5.41, 5.74) is 2.76. The predicted octanol–water partition coefficient (Wildman–Crippen LogP) is 2.89. The topological polar surface area (TPSA) is 74.2 Å². The van der Waals surface area contributed by atoms with E-state index in [0.717, 1.165) is 35.7 Å². The number of anilines is 3. The minimum atomic E-state index is 0.0850. The summed E-state index contributed by atoms with van der Waals surface area (Å²) in [6, 6.07) is 15.4. The lowest BCUT2D eigenvalue weighted by Crippen LogP contribution is -2.49. The van der Waals surface area contributed by atoms with Crippen molar-refractivity contribution < 1.29 is 4.79 Å². The molecule has 7 nitrogen and oxygen atoms in total. The van der Waals surface area contributed by atoms with E-state index in [9.17, 15) is 4.79 Å². The molecule has 0 atom stereocenters. The molecule has 0 unspecified atom stereocenters. The molecule has 1 fully saturated rings. The zero-order valence-electron chi connectivity index (χ0n) is 15.7. The van der Waals surface area contributed by atoms with Crippen LogP contribution in [0.2, 0.25) is 0 Å². The van der Waals surface area contributed by atoms with Crippen LogP contribution in [0.3, 0.4) is 0 Å². The van der Waals surface area contributed by atoms with Crippen molar-refractivity contribution in [3.8, 4) is 0 Å². The number of rotatable bonds is 4. The second-order valence-corrected chi connectivity index (χ2v) is 6.79. The predicted molar refractivity (Wildman–Crippen MR) is 109 cm³/mol. The summed E-state index contributed by atoms with van der Waals surface area (Å²) < 4.78 is 0. The third-order valence-corrected chi connectivity index (χ3v) is 4.77. The molecule has 0 radical (unpaired) electrons. The van der Waals surface area contributed by atoms with Gasteiger partial charge in [0, 0.05) is 37.9 Å². The lowest BCUT2D eigenvalue weighted by atomic mass is 10.1. The van der Waals surface area contributed by atoms with Gasteiger partial charge in [-0.25, -0.2) is 0 Å². The zero-order chi connectivity index (χ0) is 19.3. The third-order valence-electron chi connectivity index (χ3n) is 4.77. The highest BCUT2D eigenvalue weighted by Gasteiger charge is 2.23. The fourth-order valence-corrected chi connectivity index (χ4v) is 3.16. The van der Waals surface area contributed by atoms with Crippen molar-refractivity contribution in [2.75, 3.05) is 36.4 Å². The van der Waals surface area contributed by atoms with E-state index >= 15 is 0 Å². The van der Waals surface area contributed by atoms with E-state index in [1.165, 1.54) is 0 Å². The van der Waals surface area contributed by atoms with Crippen molar-refractivity contribution in [3.63, 3.8) is 0 Å². The molecular formula is C21H22N6O. The first-order chi connectivity index (χ1) is 13.7. The van der Waals surface area contributed by atoms with Gasteiger partial charge in [0.2, 0.25) is 0 Å². The van der Waals surface area contributed by atoms with Crippen LogP contribution >= 0.6 is 0 Å². The SMILES string of the molecule is Cc1ccc(C(=O)N2CCN(c3ccc(Nc4cccnc4)nn3)CC2)cc1. The maximum Gasteiger partial charge on any atom is 0.253 e. The van der Waals surface area contributed by atoms with Crippen LogP contribution in [-0.4, -0.2) is 52.2 Å². The highest BCUT2D eigenvalue weighted by Crippen LogP contribution is 2.18. The molecule has 1 aliphatic heterocycles. The molecule has 3 heterocycles. The number of aromatic nitrogens is 3. The van der Waals surface area contributed by atoms with Crippen LogP contribution in [0.15, 0.2) is 60.9 Å². The molecule has 1 aromatic carbocycles. The van der Waals surface area contributed by atoms with Gasteiger partial charge < -0.3 is 15.1 Å². The Morgan fingerprint density at radius 1 is 0.964 bits per heavy atom. The van der Waals surface area contributed by atoms with Gasteiger partial charge in [0.05, 0.1) is 11.9 Å². The molecule has 1 saturated heterocycles. The molecule has 0 bridgehead atoms. The monoisotopic (exact) mass is 374 g/mol. The van der Waals surface area contributed by atoms with Gasteiger partial charge in [0.1, 0.15) is 0 Å². The maximum atomic E-state index is 12.6. The average molecular weight is 374 g/mol. The van der Waals surface area contributed by atoms with Crippen LogP contribution in [0.25, 0.3) is 0 Å². The van der Waals surface area contributed by atoms with Crippen LogP contribution in [-0.2, 0) is 0 Å². The summed E-state index contributed by atoms with van der Waals surface area (Å²) in [6.07, 6.45) is 3.46. The molecule has 0 spiro atoms. The quantitative estimate of drug-likeness (QED) is 0.757. The first-order valence-corrected chi connectivity index (χ1v) is 9.31. The molecule has 0 saturated carbocycles. The summed E-state index contributed by atoms with van der Waals surface area (Å²) in [5.74, 6) is 1.57. The third kappa shape index (κ3) is 4.09. The highest BCUT2D eigenvalue weighted by molar-refractivity contribution is 5.94. The Balaban J connectivity index is 1.34. The number of benzene rings is 1. The molecule has 28 heavy (non-hydrogen) atoms. The minimum absolute atomic E-state index is 0.0850. The largest absolute Gasteiger partial charge is 0.352 e. The minimum Gasteiger partial charge on any atom is -0.352 e. The smallest absolute Gasteiger partial charge is 0.253 e. The van der Waals surface area contributed by atoms with Crippen LogP contribution in [0.1, 0.15) is 15.9 Å². The Labute approximate surface area is 164 Å². The van der Waals surface area contributed by atoms with Crippen LogP contribution in [0.5, 0.6) is 0 Å². The second-order valence-electron chi connectivity index (χ2n) is 6.79. The van der Waals surface area contributed by atoms with Gasteiger partial charge in [-0.1, -0.05) is 17.7 Å². The Bertz CT molecular complexity index is 919. The van der Waals surface area contributed by atoms with Crippen LogP contribution in [0.4, 0.5) is 17.3 Å². The molecule has 4 rings (SSSR count). The van der Waals surface area contributed by atoms with Crippen molar-refractivity contribution in [1.82, 2.24) is 20.1 Å². The number of nitrogens with zero attached hydrogens (tertiary/aromatic N) is 5. The van der Waals surface area contributed by atoms with Crippen molar-refractivity contribution in [1.29, 1.82) is 0 Å². The van der Waals surface area contributed by atoms with Crippen molar-refractivity contribution in [2.24, 2.45) is 0 Å². The van der Waals surface area contributed by atoms with E-state index in [1.807, 2.05) is 60.4 Å². The second kappa shape index (κ2) is 8.04. The number of amides is 1. The lowest BCUT2D eigenvalue weighted by molar-refractivity contribution is 0.0746. The van der Waals surface area contributed by atoms with Gasteiger partial charge in [-0.2, -0.15) is 0 Å². The lowest BCUT2D eigenvalue weighted by Gasteiger charge is -2.35. The number of nitrogens with one attached hydrogen (secondary N) is 1. The molecular weight excluding hydrogens is 352 g/mol. The van der Waals surface area contributed by atoms with Gasteiger partial charge in [0.25, 0.3) is 5.91 Å². The fraction of sp³-hybridized carbons (Fsp3) is 0.238. The maximum absolute atomic E-state index is 12.6. The van der Waals surface area contributed by atoms with Crippen LogP contribution in [0, 0.1) is 6.92 Å². The summed E-state index contributed by atoms with van der Waals surface area (Å²) in [4.78, 5) is 20.8. The highest BCUT2D eigenvalue weighted by atomic mass is 16.2. The molecule has 2 aromatic heterocycles. The van der Waals surface area contributed by atoms with Crippen LogP contribution < -0.4 is 10.2 Å². The van der Waals surface area contributed by atoms with Gasteiger partial charge in [-0.3, -0.25) is 9.78 Å². The number of aryl methyl sites for hydroxylation is 1. The van der Waals surface area contributed by atoms with Crippen molar-refractivity contribution >= 4 is 23.2 Å². The van der Waals surface area contributed by atoms with E-state index in [-0.39, 0.29) is 5.91 Å². The fourth-order valence-electron chi connectivity index (χ4n) is 3.16. The summed E-state index contributed by atoms with van der Waals surface area (Å²) in [7, 11) is 0. The number of carbonyl (C=O) groups is 1. The molecule has 0 aliphatic carbocycles. The number of pyridine rings is 1. The molecule has 1 N–H and O–H groups in total. The summed E-state index contributed by atoms with van der Waals surface area (Å²) in [6.45, 7) is 4.84. The van der Waals surface area contributed by atoms with E-state index in [0.29, 0.717) is 18.9 Å². The first-order valence-electron chi connectivity index (χ1n) is 9.31. The Morgan fingerprint density at radius 2 is 1.75 bits per heavy atom. The average Bonchev–Trinajstić information content (AvgIpc) is 2.75. The number of carbonyl (C=O) groups excluding carboxylic acids is 1. The van der Waals surface area contributed by atoms with Gasteiger partial charge in [-0.15, -0.1) is 10.2 Å². The number of hydrogen-bond acceptors (Lipinski definition) is 6. The Morgan fingerprint density at radius 3 is 2.39 bits per heavy atom. The standard InChI is InChI=1S/C21H22N6O/c1-16-4-6-17(7-5-16)21(28)27-13-11-26(12-14-27)20-9-8-19(24-25-20)23-18-3-2-10-22-15-18/h2-10,15H,11-14H2,1H3,(H,23,24). The summed E-state index contributed by atoms with van der Waals surface area (Å²) >= 11 is 0. The van der Waals surface area contributed by atoms with E-state index < -0.39 is 0 Å². The van der Waals surface area contributed by atoms with E-state index in [2.05, 4.69) is 25.4 Å².